The minimum atomic E-state index is -1.44. The molecule has 0 aliphatic carbocycles. The van der Waals surface area contributed by atoms with E-state index in [1.807, 2.05) is 0 Å². The molecule has 0 heterocycles. The maximum Gasteiger partial charge on any atom is 0.326 e. The van der Waals surface area contributed by atoms with Crippen molar-refractivity contribution in [3.05, 3.63) is 29.8 Å². The Morgan fingerprint density at radius 3 is 1.98 bits per heavy atom. The van der Waals surface area contributed by atoms with Crippen LogP contribution < -0.4 is 38.1 Å². The van der Waals surface area contributed by atoms with Gasteiger partial charge in [-0.25, -0.2) is 4.79 Å². The number of carboxylic acid groups (broad SMARTS) is 2. The Morgan fingerprint density at radius 2 is 1.41 bits per heavy atom. The zero-order valence-corrected chi connectivity index (χ0v) is 25.9. The summed E-state index contributed by atoms with van der Waals surface area (Å²) in [5.41, 5.74) is 11.6. The van der Waals surface area contributed by atoms with Gasteiger partial charge in [-0.05, 0) is 49.4 Å². The molecule has 1 rings (SSSR count). The van der Waals surface area contributed by atoms with Crippen LogP contribution in [0.4, 0.5) is 0 Å². The monoisotopic (exact) mass is 651 g/mol. The van der Waals surface area contributed by atoms with E-state index in [9.17, 15) is 43.8 Å². The summed E-state index contributed by atoms with van der Waals surface area (Å²) in [6.07, 6.45) is 0.939. The van der Waals surface area contributed by atoms with Crippen LogP contribution in [-0.2, 0) is 40.0 Å². The second-order valence-electron chi connectivity index (χ2n) is 10.7. The number of carbonyl (C=O) groups is 7. The van der Waals surface area contributed by atoms with Gasteiger partial charge >= 0.3 is 11.9 Å². The van der Waals surface area contributed by atoms with Gasteiger partial charge in [0, 0.05) is 6.42 Å². The van der Waals surface area contributed by atoms with E-state index in [0.717, 1.165) is 0 Å². The average molecular weight is 652 g/mol. The SMILES string of the molecule is CCC(C)C(NC(=O)CNC(=O)CNC(=O)C(Cc1ccc(O)cc1)NC(=O)C(N)CC(=O)O)C(=O)NC(CCCCN)C(=O)O. The van der Waals surface area contributed by atoms with Crippen molar-refractivity contribution < 1.29 is 48.9 Å². The van der Waals surface area contributed by atoms with Gasteiger partial charge in [0.25, 0.3) is 0 Å². The molecule has 1 aromatic rings. The maximum absolute atomic E-state index is 12.9. The van der Waals surface area contributed by atoms with E-state index >= 15 is 0 Å². The van der Waals surface area contributed by atoms with Gasteiger partial charge in [-0.15, -0.1) is 0 Å². The quantitative estimate of drug-likeness (QED) is 0.0627. The van der Waals surface area contributed by atoms with Crippen LogP contribution in [0.3, 0.4) is 0 Å². The van der Waals surface area contributed by atoms with Crippen LogP contribution in [0, 0.1) is 5.92 Å². The maximum atomic E-state index is 12.9. The van der Waals surface area contributed by atoms with Crippen molar-refractivity contribution in [3.63, 3.8) is 0 Å². The largest absolute Gasteiger partial charge is 0.508 e. The van der Waals surface area contributed by atoms with Gasteiger partial charge in [-0.1, -0.05) is 32.4 Å². The number of nitrogens with one attached hydrogen (secondary N) is 5. The number of carboxylic acids is 2. The van der Waals surface area contributed by atoms with Crippen LogP contribution in [0.5, 0.6) is 5.75 Å². The van der Waals surface area contributed by atoms with Crippen molar-refractivity contribution in [1.82, 2.24) is 26.6 Å². The van der Waals surface area contributed by atoms with Gasteiger partial charge in [-0.2, -0.15) is 0 Å². The molecule has 0 aliphatic heterocycles. The van der Waals surface area contributed by atoms with Crippen LogP contribution in [-0.4, -0.2) is 101 Å². The first-order valence-electron chi connectivity index (χ1n) is 14.8. The van der Waals surface area contributed by atoms with E-state index in [4.69, 9.17) is 16.6 Å². The normalized spacial score (nSPS) is 14.0. The van der Waals surface area contributed by atoms with Crippen molar-refractivity contribution in [3.8, 4) is 5.75 Å². The van der Waals surface area contributed by atoms with E-state index in [1.165, 1.54) is 24.3 Å². The van der Waals surface area contributed by atoms with E-state index in [-0.39, 0.29) is 24.5 Å². The molecule has 12 N–H and O–H groups in total. The van der Waals surface area contributed by atoms with Crippen molar-refractivity contribution in [2.45, 2.75) is 76.5 Å². The summed E-state index contributed by atoms with van der Waals surface area (Å²) in [4.78, 5) is 85.7. The molecule has 0 aromatic heterocycles. The highest BCUT2D eigenvalue weighted by Crippen LogP contribution is 2.12. The Hall–Kier alpha value is -4.77. The Bertz CT molecular complexity index is 1210. The summed E-state index contributed by atoms with van der Waals surface area (Å²) < 4.78 is 0. The molecule has 5 atom stereocenters. The fourth-order valence-electron chi connectivity index (χ4n) is 4.11. The highest BCUT2D eigenvalue weighted by atomic mass is 16.4. The lowest BCUT2D eigenvalue weighted by molar-refractivity contribution is -0.142. The number of rotatable bonds is 21. The van der Waals surface area contributed by atoms with Gasteiger partial charge in [0.1, 0.15) is 23.9 Å². The van der Waals surface area contributed by atoms with Crippen molar-refractivity contribution in [2.75, 3.05) is 19.6 Å². The van der Waals surface area contributed by atoms with Gasteiger partial charge in [0.2, 0.25) is 29.5 Å². The second-order valence-corrected chi connectivity index (χ2v) is 10.7. The predicted octanol–water partition coefficient (Wildman–Crippen LogP) is -2.32. The third-order valence-electron chi connectivity index (χ3n) is 6.98. The molecule has 0 saturated carbocycles. The molecule has 0 spiro atoms. The number of hydrogen-bond acceptors (Lipinski definition) is 10. The molecule has 256 valence electrons. The van der Waals surface area contributed by atoms with Crippen molar-refractivity contribution >= 4 is 41.5 Å². The zero-order valence-electron chi connectivity index (χ0n) is 25.9. The molecule has 0 fully saturated rings. The molecule has 46 heavy (non-hydrogen) atoms. The molecule has 1 aromatic carbocycles. The number of carbonyl (C=O) groups excluding carboxylic acids is 5. The van der Waals surface area contributed by atoms with Crippen molar-refractivity contribution in [2.24, 2.45) is 17.4 Å². The summed E-state index contributed by atoms with van der Waals surface area (Å²) in [7, 11) is 0. The van der Waals surface area contributed by atoms with Crippen LogP contribution in [0.25, 0.3) is 0 Å². The number of unbranched alkanes of at least 4 members (excludes halogenated alkanes) is 1. The molecule has 0 radical (unpaired) electrons. The number of aliphatic carboxylic acids is 2. The lowest BCUT2D eigenvalue weighted by atomic mass is 9.97. The third kappa shape index (κ3) is 14.8. The minimum absolute atomic E-state index is 0.0307. The summed E-state index contributed by atoms with van der Waals surface area (Å²) in [6, 6.07) is 0.772. The van der Waals surface area contributed by atoms with Crippen LogP contribution in [0.15, 0.2) is 24.3 Å². The van der Waals surface area contributed by atoms with Crippen molar-refractivity contribution in [1.29, 1.82) is 0 Å². The van der Waals surface area contributed by atoms with Gasteiger partial charge < -0.3 is 53.4 Å². The molecular formula is C29H45N7O10. The number of amides is 5. The Kier molecular flexibility index (Phi) is 17.3. The van der Waals surface area contributed by atoms with E-state index in [1.54, 1.807) is 13.8 Å². The lowest BCUT2D eigenvalue weighted by Crippen LogP contribution is -2.56. The lowest BCUT2D eigenvalue weighted by Gasteiger charge is -2.25. The smallest absolute Gasteiger partial charge is 0.326 e. The van der Waals surface area contributed by atoms with Gasteiger partial charge in [-0.3, -0.25) is 28.8 Å². The first kappa shape index (κ1) is 39.3. The fourth-order valence-corrected chi connectivity index (χ4v) is 4.11. The number of nitrogens with two attached hydrogens (primary N) is 2. The number of phenolic OH excluding ortho intramolecular Hbond substituents is 1. The van der Waals surface area contributed by atoms with E-state index in [2.05, 4.69) is 26.6 Å². The molecule has 0 bridgehead atoms. The summed E-state index contributed by atoms with van der Waals surface area (Å²) in [6.45, 7) is 2.69. The van der Waals surface area contributed by atoms with Crippen LogP contribution in [0.2, 0.25) is 0 Å². The first-order valence-corrected chi connectivity index (χ1v) is 14.8. The third-order valence-corrected chi connectivity index (χ3v) is 6.98. The summed E-state index contributed by atoms with van der Waals surface area (Å²) >= 11 is 0. The Morgan fingerprint density at radius 1 is 0.804 bits per heavy atom. The topological polar surface area (TPSA) is 292 Å². The van der Waals surface area contributed by atoms with Crippen LogP contribution in [0.1, 0.15) is 51.5 Å². The predicted molar refractivity (Wildman–Crippen MR) is 164 cm³/mol. The number of benzene rings is 1. The van der Waals surface area contributed by atoms with E-state index < -0.39 is 85.2 Å². The number of hydrogen-bond donors (Lipinski definition) is 10. The zero-order chi connectivity index (χ0) is 34.8. The highest BCUT2D eigenvalue weighted by Gasteiger charge is 2.30. The summed E-state index contributed by atoms with van der Waals surface area (Å²) in [5.74, 6) is -6.87. The Labute approximate surface area is 266 Å². The number of aromatic hydroxyl groups is 1. The molecule has 5 amide bonds. The standard InChI is InChI=1S/C29H45N7O10/c1-3-16(2)25(28(44)34-20(29(45)46)6-4-5-11-30)36-23(39)15-32-22(38)14-33-27(43)21(12-17-7-9-18(37)10-8-17)35-26(42)19(31)13-24(40)41/h7-10,16,19-21,25,37H,3-6,11-15,30-31H2,1-2H3,(H,32,38)(H,33,43)(H,34,44)(H,35,42)(H,36,39)(H,40,41)(H,45,46). The molecular weight excluding hydrogens is 606 g/mol. The molecule has 5 unspecified atom stereocenters. The average Bonchev–Trinajstić information content (AvgIpc) is 3.00. The highest BCUT2D eigenvalue weighted by molar-refractivity contribution is 5.94. The van der Waals surface area contributed by atoms with Gasteiger partial charge in [0.05, 0.1) is 25.6 Å². The van der Waals surface area contributed by atoms with E-state index in [0.29, 0.717) is 31.4 Å². The molecule has 0 saturated heterocycles. The van der Waals surface area contributed by atoms with Crippen LogP contribution >= 0.6 is 0 Å². The Balaban J connectivity index is 2.78. The first-order chi connectivity index (χ1) is 21.7. The molecule has 17 heteroatoms. The van der Waals surface area contributed by atoms with Gasteiger partial charge in [0.15, 0.2) is 0 Å². The number of phenols is 1. The fraction of sp³-hybridized carbons (Fsp3) is 0.552. The second kappa shape index (κ2) is 20.3. The summed E-state index contributed by atoms with van der Waals surface area (Å²) in [5, 5.41) is 39.8. The molecule has 0 aliphatic rings. The minimum Gasteiger partial charge on any atom is -0.508 e. The molecule has 17 nitrogen and oxygen atoms in total.